The second-order valence-electron chi connectivity index (χ2n) is 6.48. The zero-order chi connectivity index (χ0) is 21.3. The molecule has 0 aromatic heterocycles. The van der Waals surface area contributed by atoms with E-state index in [0.29, 0.717) is 0 Å². The molecule has 150 valence electrons. The van der Waals surface area contributed by atoms with Gasteiger partial charge in [-0.25, -0.2) is 0 Å². The molecule has 3 nitrogen and oxygen atoms in total. The van der Waals surface area contributed by atoms with Crippen molar-refractivity contribution in [1.82, 2.24) is 0 Å². The largest absolute Gasteiger partial charge is 0.351 e. The summed E-state index contributed by atoms with van der Waals surface area (Å²) in [5.41, 5.74) is 2.35. The Labute approximate surface area is 178 Å². The molecular formula is C26H23O3P. The maximum atomic E-state index is 14.7. The molecule has 0 aliphatic carbocycles. The summed E-state index contributed by atoms with van der Waals surface area (Å²) in [5, 5.41) is -1.22. The first-order valence-electron chi connectivity index (χ1n) is 9.58. The second kappa shape index (κ2) is 10.1. The van der Waals surface area contributed by atoms with Crippen LogP contribution in [-0.4, -0.2) is 13.2 Å². The van der Waals surface area contributed by atoms with E-state index >= 15 is 0 Å². The molecule has 3 aromatic rings. The molecule has 1 atom stereocenters. The van der Waals surface area contributed by atoms with Crippen LogP contribution in [0.1, 0.15) is 23.6 Å². The van der Waals surface area contributed by atoms with E-state index in [1.54, 1.807) is 6.92 Å². The Morgan fingerprint density at radius 2 is 1.17 bits per heavy atom. The van der Waals surface area contributed by atoms with Crippen LogP contribution in [0.4, 0.5) is 0 Å². The molecule has 30 heavy (non-hydrogen) atoms. The molecule has 3 rings (SSSR count). The molecule has 0 heterocycles. The fourth-order valence-corrected chi connectivity index (χ4v) is 5.89. The van der Waals surface area contributed by atoms with E-state index < -0.39 is 12.8 Å². The summed E-state index contributed by atoms with van der Waals surface area (Å²) in [6, 6.07) is 28.8. The lowest BCUT2D eigenvalue weighted by Gasteiger charge is -2.40. The molecule has 0 spiro atoms. The number of hydrogen-bond acceptors (Lipinski definition) is 3. The van der Waals surface area contributed by atoms with Gasteiger partial charge in [0.1, 0.15) is 18.4 Å². The Hall–Kier alpha value is -3.07. The first kappa shape index (κ1) is 21.6. The average molecular weight is 414 g/mol. The summed E-state index contributed by atoms with van der Waals surface area (Å²) in [7, 11) is -3.92. The second-order valence-corrected chi connectivity index (χ2v) is 8.67. The predicted molar refractivity (Wildman–Crippen MR) is 121 cm³/mol. The van der Waals surface area contributed by atoms with Gasteiger partial charge in [0.25, 0.3) is 0 Å². The van der Waals surface area contributed by atoms with Crippen molar-refractivity contribution in [2.75, 3.05) is 13.2 Å². The van der Waals surface area contributed by atoms with Gasteiger partial charge >= 0.3 is 7.60 Å². The Bertz CT molecular complexity index is 994. The van der Waals surface area contributed by atoms with Gasteiger partial charge in [-0.2, -0.15) is 0 Å². The third kappa shape index (κ3) is 4.11. The van der Waals surface area contributed by atoms with Crippen molar-refractivity contribution in [3.05, 3.63) is 108 Å². The molecule has 0 amide bonds. The number of benzene rings is 3. The highest BCUT2D eigenvalue weighted by molar-refractivity contribution is 7.55. The molecule has 0 N–H and O–H groups in total. The van der Waals surface area contributed by atoms with Crippen LogP contribution in [0, 0.1) is 24.2 Å². The normalized spacial score (nSPS) is 12.8. The van der Waals surface area contributed by atoms with E-state index in [0.717, 1.165) is 16.7 Å². The summed E-state index contributed by atoms with van der Waals surface area (Å²) in [6.45, 7) is 1.52. The maximum Gasteiger partial charge on any atom is 0.351 e. The van der Waals surface area contributed by atoms with Crippen molar-refractivity contribution < 1.29 is 13.6 Å². The van der Waals surface area contributed by atoms with Crippen molar-refractivity contribution in [3.8, 4) is 24.2 Å². The van der Waals surface area contributed by atoms with E-state index in [9.17, 15) is 4.57 Å². The molecule has 0 bridgehead atoms. The lowest BCUT2D eigenvalue weighted by atomic mass is 9.84. The minimum atomic E-state index is -3.92. The predicted octanol–water partition coefficient (Wildman–Crippen LogP) is 5.86. The minimum absolute atomic E-state index is 0.0351. The first-order valence-corrected chi connectivity index (χ1v) is 11.1. The van der Waals surface area contributed by atoms with Crippen molar-refractivity contribution in [3.63, 3.8) is 0 Å². The van der Waals surface area contributed by atoms with Crippen LogP contribution in [0.25, 0.3) is 0 Å². The smallest absolute Gasteiger partial charge is 0.294 e. The summed E-state index contributed by atoms with van der Waals surface area (Å²) in [5.74, 6) is 8.04. The zero-order valence-corrected chi connectivity index (χ0v) is 17.7. The summed E-state index contributed by atoms with van der Waals surface area (Å²) in [4.78, 5) is 0. The molecule has 0 saturated carbocycles. The molecular weight excluding hydrogens is 391 g/mol. The molecule has 0 saturated heterocycles. The number of rotatable bonds is 8. The van der Waals surface area contributed by atoms with Gasteiger partial charge in [-0.15, -0.1) is 12.3 Å². The quantitative estimate of drug-likeness (QED) is 0.263. The highest BCUT2D eigenvalue weighted by Gasteiger charge is 2.55. The third-order valence-corrected chi connectivity index (χ3v) is 7.32. The Balaban J connectivity index is 2.40. The molecule has 3 aromatic carbocycles. The van der Waals surface area contributed by atoms with Gasteiger partial charge in [0.15, 0.2) is 0 Å². The number of terminal acetylenes is 1. The van der Waals surface area contributed by atoms with E-state index in [4.69, 9.17) is 15.5 Å². The fourth-order valence-electron chi connectivity index (χ4n) is 3.55. The third-order valence-electron chi connectivity index (χ3n) is 4.79. The van der Waals surface area contributed by atoms with Crippen LogP contribution in [0.2, 0.25) is 0 Å². The van der Waals surface area contributed by atoms with Gasteiger partial charge in [-0.1, -0.05) is 103 Å². The van der Waals surface area contributed by atoms with Gasteiger partial charge in [0, 0.05) is 0 Å². The van der Waals surface area contributed by atoms with Gasteiger partial charge in [-0.3, -0.25) is 13.6 Å². The lowest BCUT2D eigenvalue weighted by molar-refractivity contribution is 0.227. The molecule has 1 unspecified atom stereocenters. The van der Waals surface area contributed by atoms with Crippen LogP contribution < -0.4 is 0 Å². The monoisotopic (exact) mass is 414 g/mol. The van der Waals surface area contributed by atoms with Gasteiger partial charge in [0.05, 0.1) is 0 Å². The number of hydrogen-bond donors (Lipinski definition) is 0. The SMILES string of the molecule is C#CCOP(=O)(OCC#CC)C(c1ccccc1)(c1ccccc1)c1ccccc1. The standard InChI is InChI=1S/C26H23O3P/c1-3-5-22-29-30(27,28-21-4-2)26(23-15-9-6-10-16-23,24-17-11-7-12-18-24)25-19-13-8-14-20-25/h2,6-20H,21-22H2,1H3. The van der Waals surface area contributed by atoms with E-state index in [2.05, 4.69) is 17.8 Å². The summed E-state index contributed by atoms with van der Waals surface area (Å²) in [6.07, 6.45) is 5.47. The van der Waals surface area contributed by atoms with Crippen LogP contribution in [0.5, 0.6) is 0 Å². The Morgan fingerprint density at radius 3 is 1.53 bits per heavy atom. The molecule has 0 radical (unpaired) electrons. The van der Waals surface area contributed by atoms with Crippen LogP contribution >= 0.6 is 7.60 Å². The van der Waals surface area contributed by atoms with Gasteiger partial charge in [-0.05, 0) is 23.6 Å². The van der Waals surface area contributed by atoms with Crippen molar-refractivity contribution in [2.24, 2.45) is 0 Å². The summed E-state index contributed by atoms with van der Waals surface area (Å²) < 4.78 is 26.5. The van der Waals surface area contributed by atoms with Crippen molar-refractivity contribution in [1.29, 1.82) is 0 Å². The molecule has 0 fully saturated rings. The highest BCUT2D eigenvalue weighted by Crippen LogP contribution is 2.70. The van der Waals surface area contributed by atoms with Crippen molar-refractivity contribution in [2.45, 2.75) is 12.1 Å². The van der Waals surface area contributed by atoms with Crippen LogP contribution in [0.15, 0.2) is 91.0 Å². The molecule has 4 heteroatoms. The zero-order valence-electron chi connectivity index (χ0n) is 16.8. The Morgan fingerprint density at radius 1 is 0.767 bits per heavy atom. The Kier molecular flexibility index (Phi) is 7.29. The van der Waals surface area contributed by atoms with Crippen LogP contribution in [-0.2, 0) is 18.8 Å². The fraction of sp³-hybridized carbons (Fsp3) is 0.154. The van der Waals surface area contributed by atoms with Gasteiger partial charge < -0.3 is 0 Å². The van der Waals surface area contributed by atoms with E-state index in [1.165, 1.54) is 0 Å². The minimum Gasteiger partial charge on any atom is -0.294 e. The lowest BCUT2D eigenvalue weighted by Crippen LogP contribution is -2.31. The highest BCUT2D eigenvalue weighted by atomic mass is 31.2. The van der Waals surface area contributed by atoms with E-state index in [1.807, 2.05) is 91.0 Å². The maximum absolute atomic E-state index is 14.7. The van der Waals surface area contributed by atoms with Gasteiger partial charge in [0.2, 0.25) is 0 Å². The van der Waals surface area contributed by atoms with Crippen molar-refractivity contribution >= 4 is 7.60 Å². The first-order chi connectivity index (χ1) is 14.7. The van der Waals surface area contributed by atoms with Crippen LogP contribution in [0.3, 0.4) is 0 Å². The average Bonchev–Trinajstić information content (AvgIpc) is 2.81. The molecule has 0 aliphatic rings. The van der Waals surface area contributed by atoms with E-state index in [-0.39, 0.29) is 13.2 Å². The molecule has 0 aliphatic heterocycles. The topological polar surface area (TPSA) is 35.5 Å². The summed E-state index contributed by atoms with van der Waals surface area (Å²) >= 11 is 0.